The van der Waals surface area contributed by atoms with E-state index in [2.05, 4.69) is 151 Å². The van der Waals surface area contributed by atoms with Gasteiger partial charge in [0.1, 0.15) is 0 Å². The summed E-state index contributed by atoms with van der Waals surface area (Å²) < 4.78 is 28.7. The van der Waals surface area contributed by atoms with Gasteiger partial charge in [0.15, 0.2) is 9.84 Å². The van der Waals surface area contributed by atoms with Gasteiger partial charge in [0.05, 0.1) is 71.3 Å². The molecule has 4 fully saturated rings. The number of rotatable bonds is 16. The zero-order valence-corrected chi connectivity index (χ0v) is 63.6. The van der Waals surface area contributed by atoms with E-state index in [0.717, 1.165) is 125 Å². The van der Waals surface area contributed by atoms with Crippen LogP contribution in [0, 0.1) is 86.9 Å². The first-order valence-electron chi connectivity index (χ1n) is 32.6. The van der Waals surface area contributed by atoms with Crippen LogP contribution in [0.1, 0.15) is 77.9 Å². The Morgan fingerprint density at radius 3 is 0.929 bits per heavy atom. The summed E-state index contributed by atoms with van der Waals surface area (Å²) in [5, 5.41) is 38.4. The van der Waals surface area contributed by atoms with Crippen molar-refractivity contribution in [2.45, 2.75) is 107 Å². The molecule has 0 unspecified atom stereocenters. The van der Waals surface area contributed by atoms with E-state index in [1.807, 2.05) is 115 Å². The first kappa shape index (κ1) is 76.3. The van der Waals surface area contributed by atoms with E-state index in [1.165, 1.54) is 86.4 Å². The molecule has 0 bridgehead atoms. The largest absolute Gasteiger partial charge is 0.379 e. The van der Waals surface area contributed by atoms with Gasteiger partial charge in [0.2, 0.25) is 0 Å². The van der Waals surface area contributed by atoms with Gasteiger partial charge in [-0.15, -0.1) is 0 Å². The van der Waals surface area contributed by atoms with Crippen molar-refractivity contribution in [2.75, 3.05) is 100 Å². The van der Waals surface area contributed by atoms with Crippen molar-refractivity contribution in [1.82, 2.24) is 19.6 Å². The van der Waals surface area contributed by atoms with Crippen LogP contribution >= 0.6 is 93.8 Å². The fourth-order valence-corrected chi connectivity index (χ4v) is 20.0. The van der Waals surface area contributed by atoms with E-state index in [1.54, 1.807) is 35.3 Å². The molecule has 508 valence electrons. The van der Waals surface area contributed by atoms with Crippen molar-refractivity contribution < 1.29 is 13.2 Å². The van der Waals surface area contributed by atoms with Crippen LogP contribution in [0.3, 0.4) is 0 Å². The number of nitrogens with zero attached hydrogens (tertiary/aromatic N) is 8. The molecule has 0 aromatic heterocycles. The Bertz CT molecular complexity index is 3950. The van der Waals surface area contributed by atoms with Gasteiger partial charge >= 0.3 is 0 Å². The monoisotopic (exact) mass is 1470 g/mol. The fraction of sp³-hybridized carbons (Fsp3) is 0.333. The Morgan fingerprint density at radius 2 is 0.643 bits per heavy atom. The molecule has 0 aliphatic carbocycles. The number of morpholine rings is 1. The molecule has 4 saturated heterocycles. The third-order valence-electron chi connectivity index (χ3n) is 16.4. The standard InChI is InChI=1S/C20H22N2OS.C20H22N2S2.C19H19ClN2O2S2.C19H19ClN2S2/c2*1-15-9-16(2)11-19(10-15)24-20-4-3-17(13-21)12-18(20)14-22-5-7-23-8-6-22;1-14-8-17(20)11-18(9-14)25-19-3-2-15(12-21)10-16(19)13-22-4-6-26(23,24)7-5-22;1-14-8-17(20)11-18(9-14)24-19-3-2-15(12-21)10-16(19)13-22-4-6-23-7-5-22/h2*3-4,9-12H,5-8,14H2,1-2H3;2-3,8-11H,4-7,13H2,1H3;2-3,8-11H,4-7,13H2,1H3. The van der Waals surface area contributed by atoms with Gasteiger partial charge < -0.3 is 4.74 Å². The first-order valence-corrected chi connectivity index (χ1v) is 40.8. The molecule has 4 aliphatic rings. The third-order valence-corrected chi connectivity index (χ3v) is 24.7. The van der Waals surface area contributed by atoms with Crippen LogP contribution in [0.25, 0.3) is 0 Å². The van der Waals surface area contributed by atoms with Crippen molar-refractivity contribution in [1.29, 1.82) is 21.0 Å². The van der Waals surface area contributed by atoms with Gasteiger partial charge in [0, 0.05) is 151 Å². The molecule has 0 radical (unpaired) electrons. The number of nitriles is 4. The molecule has 4 heterocycles. The lowest BCUT2D eigenvalue weighted by molar-refractivity contribution is 0.0338. The maximum Gasteiger partial charge on any atom is 0.152 e. The molecule has 98 heavy (non-hydrogen) atoms. The van der Waals surface area contributed by atoms with E-state index >= 15 is 0 Å². The van der Waals surface area contributed by atoms with Crippen molar-refractivity contribution in [3.63, 3.8) is 0 Å². The molecule has 4 aliphatic heterocycles. The number of hydrogen-bond donors (Lipinski definition) is 0. The normalized spacial score (nSPS) is 15.7. The van der Waals surface area contributed by atoms with Gasteiger partial charge in [-0.05, 0) is 231 Å². The quantitative estimate of drug-likeness (QED) is 0.0901. The molecule has 0 N–H and O–H groups in total. The van der Waals surface area contributed by atoms with E-state index < -0.39 is 9.84 Å². The molecule has 0 saturated carbocycles. The van der Waals surface area contributed by atoms with Gasteiger partial charge in [-0.25, -0.2) is 8.42 Å². The maximum atomic E-state index is 11.6. The van der Waals surface area contributed by atoms with Gasteiger partial charge in [-0.3, -0.25) is 19.6 Å². The lowest BCUT2D eigenvalue weighted by Gasteiger charge is -2.27. The van der Waals surface area contributed by atoms with Crippen LogP contribution in [-0.4, -0.2) is 128 Å². The summed E-state index contributed by atoms with van der Waals surface area (Å²) in [7, 11) is -2.90. The van der Waals surface area contributed by atoms with E-state index in [-0.39, 0.29) is 11.5 Å². The number of halogens is 2. The molecule has 8 aromatic rings. The summed E-state index contributed by atoms with van der Waals surface area (Å²) in [5.41, 5.74) is 15.0. The molecule has 20 heteroatoms. The average molecular weight is 1470 g/mol. The van der Waals surface area contributed by atoms with Gasteiger partial charge in [-0.1, -0.05) is 82.4 Å². The summed E-state index contributed by atoms with van der Waals surface area (Å²) in [6, 6.07) is 58.1. The molecule has 8 aromatic carbocycles. The third kappa shape index (κ3) is 24.7. The predicted molar refractivity (Wildman–Crippen MR) is 411 cm³/mol. The van der Waals surface area contributed by atoms with Crippen molar-refractivity contribution >= 4 is 104 Å². The molecule has 0 spiro atoms. The number of ether oxygens (including phenoxy) is 1. The second kappa shape index (κ2) is 38.3. The molecule has 0 atom stereocenters. The Hall–Kier alpha value is -5.85. The smallest absolute Gasteiger partial charge is 0.152 e. The molecule has 0 amide bonds. The average Bonchev–Trinajstić information content (AvgIpc) is 0.859. The number of benzene rings is 8. The van der Waals surface area contributed by atoms with Crippen LogP contribution < -0.4 is 0 Å². The zero-order valence-electron chi connectivity index (χ0n) is 56.4. The number of thioether (sulfide) groups is 2. The Morgan fingerprint density at radius 1 is 0.378 bits per heavy atom. The molecule has 12 rings (SSSR count). The second-order valence-electron chi connectivity index (χ2n) is 24.8. The second-order valence-corrected chi connectivity index (χ2v) is 34.9. The summed E-state index contributed by atoms with van der Waals surface area (Å²) in [5.74, 6) is 5.18. The first-order chi connectivity index (χ1) is 47.2. The minimum Gasteiger partial charge on any atom is -0.379 e. The van der Waals surface area contributed by atoms with Crippen LogP contribution in [0.5, 0.6) is 0 Å². The minimum absolute atomic E-state index is 0.195. The van der Waals surface area contributed by atoms with Crippen molar-refractivity contribution in [2.24, 2.45) is 0 Å². The highest BCUT2D eigenvalue weighted by atomic mass is 35.5. The van der Waals surface area contributed by atoms with Crippen LogP contribution in [0.4, 0.5) is 0 Å². The summed E-state index contributed by atoms with van der Waals surface area (Å²) in [6.45, 7) is 25.0. The minimum atomic E-state index is -2.90. The van der Waals surface area contributed by atoms with Crippen molar-refractivity contribution in [3.05, 3.63) is 234 Å². The maximum absolute atomic E-state index is 11.6. The Balaban J connectivity index is 0.000000153. The van der Waals surface area contributed by atoms with Gasteiger partial charge in [0.25, 0.3) is 0 Å². The van der Waals surface area contributed by atoms with Crippen molar-refractivity contribution in [3.8, 4) is 24.3 Å². The molecular formula is C78H82Cl2N8O3S7. The number of hydrogen-bond acceptors (Lipinski definition) is 17. The SMILES string of the molecule is Cc1cc(C)cc(Sc2ccc(C#N)cc2CN2CCOCC2)c1.Cc1cc(C)cc(Sc2ccc(C#N)cc2CN2CCSCC2)c1.Cc1cc(Cl)cc(Sc2ccc(C#N)cc2CN2CCS(=O)(=O)CC2)c1.Cc1cc(Cl)cc(Sc2ccc(C#N)cc2CN2CCSCC2)c1. The Labute approximate surface area is 616 Å². The van der Waals surface area contributed by atoms with Crippen LogP contribution in [0.2, 0.25) is 10.0 Å². The molecular weight excluding hydrogens is 1390 g/mol. The highest BCUT2D eigenvalue weighted by molar-refractivity contribution is 8.00. The van der Waals surface area contributed by atoms with Crippen LogP contribution in [-0.2, 0) is 40.8 Å². The van der Waals surface area contributed by atoms with E-state index in [9.17, 15) is 29.5 Å². The van der Waals surface area contributed by atoms with E-state index in [0.29, 0.717) is 30.2 Å². The van der Waals surface area contributed by atoms with Crippen LogP contribution in [0.15, 0.2) is 185 Å². The number of aryl methyl sites for hydroxylation is 6. The lowest BCUT2D eigenvalue weighted by Crippen LogP contribution is -2.39. The topological polar surface area (TPSA) is 151 Å². The van der Waals surface area contributed by atoms with E-state index in [4.69, 9.17) is 27.9 Å². The fourth-order valence-electron chi connectivity index (χ4n) is 11.7. The highest BCUT2D eigenvalue weighted by Gasteiger charge is 2.24. The number of sulfone groups is 1. The van der Waals surface area contributed by atoms with Gasteiger partial charge in [-0.2, -0.15) is 44.6 Å². The summed E-state index contributed by atoms with van der Waals surface area (Å²) in [4.78, 5) is 18.9. The lowest BCUT2D eigenvalue weighted by atomic mass is 10.1. The summed E-state index contributed by atoms with van der Waals surface area (Å²) >= 11 is 23.3. The predicted octanol–water partition coefficient (Wildman–Crippen LogP) is 18.2. The summed E-state index contributed by atoms with van der Waals surface area (Å²) in [6.07, 6.45) is 0. The molecule has 11 nitrogen and oxygen atoms in total. The highest BCUT2D eigenvalue weighted by Crippen LogP contribution is 2.38. The Kier molecular flexibility index (Phi) is 29.8. The zero-order chi connectivity index (χ0) is 69.6.